The van der Waals surface area contributed by atoms with Gasteiger partial charge in [0.2, 0.25) is 0 Å². The van der Waals surface area contributed by atoms with E-state index in [1.165, 1.54) is 48.5 Å². The van der Waals surface area contributed by atoms with Gasteiger partial charge in [0, 0.05) is 0 Å². The fourth-order valence-corrected chi connectivity index (χ4v) is 28.0. The van der Waals surface area contributed by atoms with Gasteiger partial charge in [-0.15, -0.1) is 0 Å². The Morgan fingerprint density at radius 2 is 0.645 bits per heavy atom. The summed E-state index contributed by atoms with van der Waals surface area (Å²) in [6.45, 7) is 0. The molecule has 0 aliphatic heterocycles. The fourth-order valence-electron chi connectivity index (χ4n) is 2.70. The van der Waals surface area contributed by atoms with Gasteiger partial charge in [-0.05, 0) is 0 Å². The third-order valence-electron chi connectivity index (χ3n) is 5.30. The van der Waals surface area contributed by atoms with E-state index in [0.717, 1.165) is 27.8 Å². The summed E-state index contributed by atoms with van der Waals surface area (Å²) < 4.78 is 266. The van der Waals surface area contributed by atoms with Gasteiger partial charge in [0.1, 0.15) is 0 Å². The summed E-state index contributed by atoms with van der Waals surface area (Å²) in [6.07, 6.45) is 0. The predicted molar refractivity (Wildman–Crippen MR) is 209 cm³/mol. The van der Waals surface area contributed by atoms with Gasteiger partial charge in [0.15, 0.2) is 10.1 Å². The summed E-state index contributed by atoms with van der Waals surface area (Å²) in [6, 6.07) is 29.3. The van der Waals surface area contributed by atoms with E-state index < -0.39 is 146 Å². The van der Waals surface area contributed by atoms with Gasteiger partial charge in [-0.1, -0.05) is 0 Å². The molecule has 0 aromatic heterocycles. The Morgan fingerprint density at radius 3 is 0.903 bits per heavy atom. The molecule has 0 spiro atoms. The van der Waals surface area contributed by atoms with Gasteiger partial charge in [-0.3, -0.25) is 0 Å². The van der Waals surface area contributed by atoms with Crippen molar-refractivity contribution in [1.29, 1.82) is 0 Å². The maximum absolute atomic E-state index is 12.8. The fraction of sp³-hybridized carbons (Fsp3) is 0.143. The van der Waals surface area contributed by atoms with Crippen LogP contribution in [0.1, 0.15) is 0 Å². The van der Waals surface area contributed by atoms with Crippen LogP contribution in [0.3, 0.4) is 0 Å². The van der Waals surface area contributed by atoms with E-state index in [-0.39, 0.29) is 7.14 Å². The van der Waals surface area contributed by atoms with Crippen molar-refractivity contribution < 1.29 is 123 Å². The first kappa shape index (κ1) is 56.6. The summed E-state index contributed by atoms with van der Waals surface area (Å²) in [5, 5.41) is 0. The molecule has 4 aromatic rings. The maximum Gasteiger partial charge on any atom is 0.485 e. The van der Waals surface area contributed by atoms with Gasteiger partial charge in [0.05, 0.1) is 0 Å². The standard InChI is InChI=1S/C14H10F6I2O7S2.C13H10F3I2O4S.CHF3O3S/c15-13(16,17)30(23,24)28-21(11-7-3-1-4-8-11)27-22(12-9-5-2-6-10-12)29-31(25,26)14(18,19)20;14-13(15,16)23(19,20)22-18(12-9-5-2-6-10-12)21-17-11-7-3-1-4-8-11;2-1(3,4)8(5,6)7/h1-10H;1-10H;(H,5,6,7)/q;+1;/p-1. The van der Waals surface area contributed by atoms with Gasteiger partial charge >= 0.3 is 347 Å². The number of benzene rings is 4. The molecule has 0 amide bonds. The minimum Gasteiger partial charge on any atom is -0.741 e. The molecule has 0 fully saturated rings. The Kier molecular flexibility index (Phi) is 21.3. The van der Waals surface area contributed by atoms with Crippen molar-refractivity contribution in [1.82, 2.24) is 0 Å². The van der Waals surface area contributed by atoms with Crippen molar-refractivity contribution in [3.05, 3.63) is 136 Å². The second-order valence-electron chi connectivity index (χ2n) is 9.82. The average Bonchev–Trinajstić information content (AvgIpc) is 3.15. The van der Waals surface area contributed by atoms with Crippen molar-refractivity contribution in [2.75, 3.05) is 0 Å². The van der Waals surface area contributed by atoms with Crippen molar-refractivity contribution in [2.45, 2.75) is 22.0 Å². The van der Waals surface area contributed by atoms with Crippen LogP contribution in [0.5, 0.6) is 0 Å². The van der Waals surface area contributed by atoms with Crippen LogP contribution in [0, 0.1) is 14.3 Å². The quantitative estimate of drug-likeness (QED) is 0.0602. The van der Waals surface area contributed by atoms with Crippen LogP contribution in [-0.2, 0) is 50.8 Å². The molecular formula is C28H20F12I4O14S4. The van der Waals surface area contributed by atoms with Crippen LogP contribution in [0.15, 0.2) is 121 Å². The first-order valence-corrected chi connectivity index (χ1v) is 30.7. The molecule has 62 heavy (non-hydrogen) atoms. The van der Waals surface area contributed by atoms with Crippen LogP contribution in [-0.4, -0.2) is 60.3 Å². The Morgan fingerprint density at radius 1 is 0.403 bits per heavy atom. The molecule has 0 atom stereocenters. The molecule has 0 N–H and O–H groups in total. The second-order valence-corrected chi connectivity index (χ2v) is 33.2. The molecule has 0 aliphatic carbocycles. The molecule has 0 unspecified atom stereocenters. The SMILES string of the molecule is O=S(=O)(OI(OI(OS(=O)(=O)C(F)(F)F)c1ccccc1)c1ccccc1)C(F)(F)F.O=S(=O)(OI(O[I+]c1ccccc1)c1ccccc1)C(F)(F)F.O=S(=O)([O-])C(F)(F)F. The first-order valence-electron chi connectivity index (χ1n) is 14.6. The van der Waals surface area contributed by atoms with Crippen molar-refractivity contribution in [2.24, 2.45) is 0 Å². The van der Waals surface area contributed by atoms with Crippen LogP contribution in [0.2, 0.25) is 0 Å². The number of halogens is 16. The zero-order valence-electron chi connectivity index (χ0n) is 28.9. The largest absolute Gasteiger partial charge is 0.741 e. The summed E-state index contributed by atoms with van der Waals surface area (Å²) in [5.74, 6) is 0. The van der Waals surface area contributed by atoms with Crippen LogP contribution < -0.4 is 21.6 Å². The van der Waals surface area contributed by atoms with Crippen molar-refractivity contribution >= 4 is 102 Å². The topological polar surface area (TPSA) is 206 Å². The Balaban J connectivity index is 0.000000373. The van der Waals surface area contributed by atoms with E-state index in [1.807, 2.05) is 0 Å². The smallest absolute Gasteiger partial charge is 0.485 e. The maximum atomic E-state index is 12.8. The summed E-state index contributed by atoms with van der Waals surface area (Å²) in [4.78, 5) is 0. The molecule has 0 bridgehead atoms. The average molecular weight is 1440 g/mol. The van der Waals surface area contributed by atoms with Crippen LogP contribution in [0.4, 0.5) is 52.7 Å². The monoisotopic (exact) mass is 1440 g/mol. The summed E-state index contributed by atoms with van der Waals surface area (Å²) in [5.41, 5.74) is -22.8. The summed E-state index contributed by atoms with van der Waals surface area (Å²) in [7, 11) is -24.2. The van der Waals surface area contributed by atoms with Crippen LogP contribution in [0.25, 0.3) is 0 Å². The van der Waals surface area contributed by atoms with E-state index in [2.05, 4.69) is 7.54 Å². The second kappa shape index (κ2) is 23.3. The zero-order chi connectivity index (χ0) is 47.4. The van der Waals surface area contributed by atoms with Gasteiger partial charge in [0.25, 0.3) is 0 Å². The summed E-state index contributed by atoms with van der Waals surface area (Å²) >= 11 is -13.4. The molecule has 0 heterocycles. The number of rotatable bonds is 14. The number of hydrogen-bond donors (Lipinski definition) is 0. The van der Waals surface area contributed by atoms with E-state index in [4.69, 9.17) is 15.8 Å². The Labute approximate surface area is 379 Å². The Hall–Kier alpha value is -1.48. The molecule has 0 saturated heterocycles. The van der Waals surface area contributed by atoms with E-state index in [9.17, 15) is 77.9 Å². The van der Waals surface area contributed by atoms with Gasteiger partial charge < -0.3 is 4.55 Å². The Bertz CT molecular complexity index is 2370. The van der Waals surface area contributed by atoms with E-state index in [1.54, 1.807) is 48.5 Å². The number of alkyl halides is 12. The zero-order valence-corrected chi connectivity index (χ0v) is 40.8. The third-order valence-corrected chi connectivity index (χ3v) is 30.3. The molecule has 4 aromatic carbocycles. The van der Waals surface area contributed by atoms with Crippen LogP contribution >= 0.6 is 61.9 Å². The molecule has 34 heteroatoms. The molecule has 4 rings (SSSR count). The minimum absolute atomic E-state index is 0.189. The normalized spacial score (nSPS) is 13.7. The molecule has 0 aliphatic rings. The van der Waals surface area contributed by atoms with Crippen molar-refractivity contribution in [3.8, 4) is 0 Å². The van der Waals surface area contributed by atoms with Crippen molar-refractivity contribution in [3.63, 3.8) is 0 Å². The molecular weight excluding hydrogens is 1420 g/mol. The van der Waals surface area contributed by atoms with Gasteiger partial charge in [-0.2, -0.15) is 13.2 Å². The molecule has 352 valence electrons. The predicted octanol–water partition coefficient (Wildman–Crippen LogP) is 6.15. The minimum atomic E-state index is -6.20. The molecule has 14 nitrogen and oxygen atoms in total. The molecule has 0 saturated carbocycles. The third kappa shape index (κ3) is 18.4. The number of hydrogen-bond acceptors (Lipinski definition) is 14. The first-order chi connectivity index (χ1) is 28.2. The van der Waals surface area contributed by atoms with Gasteiger partial charge in [-0.25, -0.2) is 8.42 Å². The van der Waals surface area contributed by atoms with E-state index >= 15 is 0 Å². The molecule has 0 radical (unpaired) electrons. The van der Waals surface area contributed by atoms with E-state index in [0.29, 0.717) is 3.57 Å².